The number of carbonyl (C=O) groups is 2. The van der Waals surface area contributed by atoms with E-state index in [-0.39, 0.29) is 23.8 Å². The molecule has 17 heteroatoms. The molecule has 0 saturated carbocycles. The van der Waals surface area contributed by atoms with Crippen molar-refractivity contribution < 1.29 is 19.4 Å². The van der Waals surface area contributed by atoms with Crippen molar-refractivity contribution in [2.75, 3.05) is 30.4 Å². The topological polar surface area (TPSA) is 193 Å². The summed E-state index contributed by atoms with van der Waals surface area (Å²) in [4.78, 5) is 66.2. The number of morpholine rings is 1. The van der Waals surface area contributed by atoms with Crippen LogP contribution in [0, 0.1) is 11.8 Å². The second-order valence-corrected chi connectivity index (χ2v) is 17.4. The summed E-state index contributed by atoms with van der Waals surface area (Å²) >= 11 is 3.25. The number of thiophene rings is 2. The van der Waals surface area contributed by atoms with Crippen molar-refractivity contribution in [1.29, 1.82) is 0 Å². The molecular formula is C41H39N11O4S2. The molecule has 15 nitrogen and oxygen atoms in total. The minimum absolute atomic E-state index is 0.0261. The number of aromatic nitrogens is 6. The fourth-order valence-electron chi connectivity index (χ4n) is 8.49. The highest BCUT2D eigenvalue weighted by Gasteiger charge is 2.34. The first-order valence-electron chi connectivity index (χ1n) is 19.5. The maximum Gasteiger partial charge on any atom is 0.306 e. The highest BCUT2D eigenvalue weighted by molar-refractivity contribution is 7.19. The van der Waals surface area contributed by atoms with Crippen LogP contribution in [-0.4, -0.2) is 90.0 Å². The van der Waals surface area contributed by atoms with Crippen molar-refractivity contribution in [3.8, 4) is 0 Å². The molecule has 3 atom stereocenters. The number of carboxylic acid groups (broad SMARTS) is 1. The molecular weight excluding hydrogens is 775 g/mol. The van der Waals surface area contributed by atoms with E-state index in [0.29, 0.717) is 45.7 Å². The van der Waals surface area contributed by atoms with Crippen molar-refractivity contribution in [1.82, 2.24) is 34.8 Å². The molecule has 58 heavy (non-hydrogen) atoms. The van der Waals surface area contributed by atoms with Crippen molar-refractivity contribution >= 4 is 90.7 Å². The lowest BCUT2D eigenvalue weighted by Gasteiger charge is -2.36. The molecule has 5 aliphatic rings. The summed E-state index contributed by atoms with van der Waals surface area (Å²) in [6.07, 6.45) is 15.0. The largest absolute Gasteiger partial charge is 0.481 e. The summed E-state index contributed by atoms with van der Waals surface area (Å²) in [7, 11) is 0. The van der Waals surface area contributed by atoms with Crippen molar-refractivity contribution in [3.63, 3.8) is 0 Å². The molecule has 3 N–H and O–H groups in total. The summed E-state index contributed by atoms with van der Waals surface area (Å²) in [6, 6.07) is 4.13. The summed E-state index contributed by atoms with van der Waals surface area (Å²) < 4.78 is 5.51. The summed E-state index contributed by atoms with van der Waals surface area (Å²) in [5.41, 5.74) is 6.88. The van der Waals surface area contributed by atoms with Gasteiger partial charge in [-0.25, -0.2) is 29.9 Å². The molecule has 0 aromatic carbocycles. The number of amides is 1. The van der Waals surface area contributed by atoms with E-state index in [0.717, 1.165) is 96.5 Å². The quantitative estimate of drug-likeness (QED) is 0.176. The van der Waals surface area contributed by atoms with Gasteiger partial charge in [0.2, 0.25) is 5.91 Å². The van der Waals surface area contributed by atoms with Gasteiger partial charge in [-0.3, -0.25) is 19.6 Å². The third-order valence-electron chi connectivity index (χ3n) is 11.6. The van der Waals surface area contributed by atoms with Gasteiger partial charge in [-0.05, 0) is 68.7 Å². The molecule has 9 heterocycles. The number of carboxylic acids is 1. The van der Waals surface area contributed by atoms with Gasteiger partial charge in [-0.1, -0.05) is 0 Å². The van der Waals surface area contributed by atoms with Crippen molar-refractivity contribution in [2.45, 2.75) is 64.6 Å². The average Bonchev–Trinajstić information content (AvgIpc) is 4.05. The summed E-state index contributed by atoms with van der Waals surface area (Å²) in [6.45, 7) is 5.39. The lowest BCUT2D eigenvalue weighted by atomic mass is 9.86. The zero-order valence-corrected chi connectivity index (χ0v) is 33.3. The number of rotatable bonds is 6. The Morgan fingerprint density at radius 1 is 0.776 bits per heavy atom. The number of hydrogen-bond donors (Lipinski definition) is 3. The van der Waals surface area contributed by atoms with E-state index in [9.17, 15) is 14.7 Å². The number of anilines is 4. The molecule has 294 valence electrons. The second kappa shape index (κ2) is 15.2. The standard InChI is InChI=1S/C23H24N6O2S.C18H15N5O2S/c1-13-11-31-5-4-29(13)23(30)14-2-3-17-18(6-14)32-22-20(17)21(26-12-27-22)28-19-7-15-8-24-9-16(15)10-25-19;24-18(25)9-1-2-12-13(3-9)26-17-15(12)16(21-8-22-17)23-14-4-10-5-19-6-11(10)7-20-14/h7-8,10,12-14H,2-6,9,11H2,1H3,(H,25,26,27,28);4-5,7-9H,1-3,6H2,(H,24,25)(H,20,21,22,23)/t13-,14+;9-/m10/s1. The van der Waals surface area contributed by atoms with Crippen LogP contribution in [0.25, 0.3) is 20.4 Å². The first kappa shape index (κ1) is 36.6. The molecule has 0 spiro atoms. The summed E-state index contributed by atoms with van der Waals surface area (Å²) in [5.74, 6) is 2.23. The van der Waals surface area contributed by atoms with Crippen LogP contribution < -0.4 is 10.6 Å². The normalized spacial score (nSPS) is 20.2. The third-order valence-corrected chi connectivity index (χ3v) is 13.9. The molecule has 0 radical (unpaired) electrons. The van der Waals surface area contributed by atoms with Crippen LogP contribution in [-0.2, 0) is 53.1 Å². The maximum atomic E-state index is 13.2. The number of fused-ring (bicyclic) bond motifs is 8. The Kier molecular flexibility index (Phi) is 9.57. The molecule has 1 saturated heterocycles. The highest BCUT2D eigenvalue weighted by Crippen LogP contribution is 2.42. The van der Waals surface area contributed by atoms with E-state index in [4.69, 9.17) is 4.74 Å². The van der Waals surface area contributed by atoms with E-state index in [1.807, 2.05) is 41.9 Å². The summed E-state index contributed by atoms with van der Waals surface area (Å²) in [5, 5.41) is 18.1. The Morgan fingerprint density at radius 3 is 1.88 bits per heavy atom. The van der Waals surface area contributed by atoms with Crippen LogP contribution in [0.3, 0.4) is 0 Å². The van der Waals surface area contributed by atoms with E-state index in [1.165, 1.54) is 22.3 Å². The van der Waals surface area contributed by atoms with Gasteiger partial charge in [0.1, 0.15) is 45.6 Å². The van der Waals surface area contributed by atoms with Gasteiger partial charge in [0.15, 0.2) is 0 Å². The minimum Gasteiger partial charge on any atom is -0.481 e. The van der Waals surface area contributed by atoms with E-state index in [1.54, 1.807) is 29.0 Å². The van der Waals surface area contributed by atoms with Crippen LogP contribution in [0.15, 0.2) is 47.2 Å². The molecule has 6 aromatic heterocycles. The Morgan fingerprint density at radius 2 is 1.33 bits per heavy atom. The Hall–Kier alpha value is -5.78. The molecule has 6 aromatic rings. The zero-order chi connectivity index (χ0) is 39.3. The van der Waals surface area contributed by atoms with Crippen LogP contribution in [0.1, 0.15) is 62.9 Å². The van der Waals surface area contributed by atoms with E-state index >= 15 is 0 Å². The molecule has 3 aliphatic heterocycles. The van der Waals surface area contributed by atoms with Gasteiger partial charge in [0, 0.05) is 69.3 Å². The Balaban J connectivity index is 0.000000144. The monoisotopic (exact) mass is 813 g/mol. The molecule has 11 rings (SSSR count). The fraction of sp³-hybridized carbons (Fsp3) is 0.366. The van der Waals surface area contributed by atoms with Gasteiger partial charge in [0.25, 0.3) is 0 Å². The number of aliphatic carboxylic acids is 1. The minimum atomic E-state index is -0.721. The lowest BCUT2D eigenvalue weighted by molar-refractivity contribution is -0.144. The second-order valence-electron chi connectivity index (χ2n) is 15.2. The SMILES string of the molecule is C[C@@H]1COCCN1C(=O)[C@H]1CCc2c(sc3ncnc(Nc4cc5c(cn4)CN=C5)c23)C1.O=C(O)[C@H]1CCc2c(sc3ncnc(Nc4cc5c(cn4)CN=C5)c23)C1. The first-order valence-corrected chi connectivity index (χ1v) is 21.1. The number of aryl methyl sites for hydroxylation is 2. The number of nitrogens with one attached hydrogen (secondary N) is 2. The predicted molar refractivity (Wildman–Crippen MR) is 223 cm³/mol. The van der Waals surface area contributed by atoms with Gasteiger partial charge < -0.3 is 25.4 Å². The fourth-order valence-corrected chi connectivity index (χ4v) is 11.0. The maximum absolute atomic E-state index is 13.2. The molecule has 2 aliphatic carbocycles. The number of pyridine rings is 2. The predicted octanol–water partition coefficient (Wildman–Crippen LogP) is 6.07. The van der Waals surface area contributed by atoms with Gasteiger partial charge in [-0.15, -0.1) is 22.7 Å². The number of nitrogens with zero attached hydrogens (tertiary/aromatic N) is 9. The van der Waals surface area contributed by atoms with Crippen LogP contribution in [0.5, 0.6) is 0 Å². The third kappa shape index (κ3) is 6.86. The lowest BCUT2D eigenvalue weighted by Crippen LogP contribution is -2.50. The molecule has 1 fully saturated rings. The average molecular weight is 814 g/mol. The zero-order valence-electron chi connectivity index (χ0n) is 31.6. The van der Waals surface area contributed by atoms with Gasteiger partial charge in [-0.2, -0.15) is 0 Å². The number of aliphatic imine (C=N–C) groups is 2. The van der Waals surface area contributed by atoms with E-state index in [2.05, 4.69) is 57.4 Å². The Labute approximate surface area is 340 Å². The number of carbonyl (C=O) groups excluding carboxylic acids is 1. The smallest absolute Gasteiger partial charge is 0.306 e. The molecule has 0 bridgehead atoms. The van der Waals surface area contributed by atoms with Crippen molar-refractivity contribution in [2.24, 2.45) is 21.8 Å². The van der Waals surface area contributed by atoms with E-state index < -0.39 is 5.97 Å². The van der Waals surface area contributed by atoms with Crippen molar-refractivity contribution in [3.05, 3.63) is 80.3 Å². The van der Waals surface area contributed by atoms with Gasteiger partial charge in [0.05, 0.1) is 49.0 Å². The number of hydrogen-bond acceptors (Lipinski definition) is 15. The Bertz CT molecular complexity index is 2680. The van der Waals surface area contributed by atoms with Crippen LogP contribution >= 0.6 is 22.7 Å². The van der Waals surface area contributed by atoms with Crippen LogP contribution in [0.4, 0.5) is 23.3 Å². The van der Waals surface area contributed by atoms with Gasteiger partial charge >= 0.3 is 5.97 Å². The highest BCUT2D eigenvalue weighted by atomic mass is 32.1. The number of ether oxygens (including phenoxy) is 1. The molecule has 1 amide bonds. The molecule has 0 unspecified atom stereocenters. The first-order chi connectivity index (χ1) is 28.4. The van der Waals surface area contributed by atoms with Crippen LogP contribution in [0.2, 0.25) is 0 Å².